The van der Waals surface area contributed by atoms with Crippen LogP contribution in [0.15, 0.2) is 24.3 Å². The molecule has 0 aromatic heterocycles. The average molecular weight is 290 g/mol. The van der Waals surface area contributed by atoms with Crippen molar-refractivity contribution in [2.24, 2.45) is 0 Å². The normalized spacial score (nSPS) is 26.9. The van der Waals surface area contributed by atoms with Crippen LogP contribution in [0.5, 0.6) is 0 Å². The van der Waals surface area contributed by atoms with Crippen molar-refractivity contribution in [1.29, 1.82) is 0 Å². The van der Waals surface area contributed by atoms with Crippen molar-refractivity contribution < 1.29 is 19.4 Å². The summed E-state index contributed by atoms with van der Waals surface area (Å²) in [6.45, 7) is 4.30. The molecule has 1 N–H and O–H groups in total. The summed E-state index contributed by atoms with van der Waals surface area (Å²) in [6.07, 6.45) is 3.28. The second kappa shape index (κ2) is 5.11. The highest BCUT2D eigenvalue weighted by Gasteiger charge is 2.43. The molecule has 1 heterocycles. The van der Waals surface area contributed by atoms with Gasteiger partial charge in [-0.05, 0) is 37.8 Å². The third kappa shape index (κ3) is 2.58. The molecule has 2 aliphatic rings. The predicted molar refractivity (Wildman–Crippen MR) is 78.1 cm³/mol. The zero-order valence-electron chi connectivity index (χ0n) is 12.6. The zero-order chi connectivity index (χ0) is 15.1. The van der Waals surface area contributed by atoms with E-state index < -0.39 is 17.2 Å². The summed E-state index contributed by atoms with van der Waals surface area (Å²) >= 11 is 0. The minimum Gasteiger partial charge on any atom is -0.481 e. The lowest BCUT2D eigenvalue weighted by Gasteiger charge is -2.25. The van der Waals surface area contributed by atoms with Crippen molar-refractivity contribution in [1.82, 2.24) is 0 Å². The van der Waals surface area contributed by atoms with Crippen LogP contribution < -0.4 is 0 Å². The highest BCUT2D eigenvalue weighted by atomic mass is 16.7. The molecule has 4 nitrogen and oxygen atoms in total. The first-order valence-corrected chi connectivity index (χ1v) is 7.59. The molecular weight excluding hydrogens is 268 g/mol. The number of carboxylic acids is 1. The zero-order valence-corrected chi connectivity index (χ0v) is 12.6. The van der Waals surface area contributed by atoms with Crippen LogP contribution in [0.25, 0.3) is 0 Å². The molecule has 1 aromatic carbocycles. The Kier molecular flexibility index (Phi) is 3.54. The van der Waals surface area contributed by atoms with Gasteiger partial charge in [-0.1, -0.05) is 37.1 Å². The maximum atomic E-state index is 11.8. The van der Waals surface area contributed by atoms with E-state index in [4.69, 9.17) is 9.47 Å². The molecule has 4 heteroatoms. The van der Waals surface area contributed by atoms with Crippen LogP contribution in [0.2, 0.25) is 0 Å². The standard InChI is InChI=1S/C17H22O4/c1-16(2)20-11-14(21-16)12-6-5-7-13(10-12)17(15(18)19)8-3-4-9-17/h5-7,10,14H,3-4,8-9,11H2,1-2H3,(H,18,19). The maximum absolute atomic E-state index is 11.8. The first-order valence-electron chi connectivity index (χ1n) is 7.59. The summed E-state index contributed by atoms with van der Waals surface area (Å²) in [4.78, 5) is 11.8. The topological polar surface area (TPSA) is 55.8 Å². The molecule has 1 atom stereocenters. The minimum absolute atomic E-state index is 0.118. The van der Waals surface area contributed by atoms with Gasteiger partial charge in [0.15, 0.2) is 5.79 Å². The van der Waals surface area contributed by atoms with Crippen LogP contribution in [-0.2, 0) is 19.7 Å². The molecule has 114 valence electrons. The van der Waals surface area contributed by atoms with Crippen LogP contribution in [0, 0.1) is 0 Å². The van der Waals surface area contributed by atoms with E-state index in [1.54, 1.807) is 0 Å². The molecule has 0 bridgehead atoms. The van der Waals surface area contributed by atoms with Crippen LogP contribution in [0.1, 0.15) is 56.8 Å². The van der Waals surface area contributed by atoms with Gasteiger partial charge in [0, 0.05) is 0 Å². The van der Waals surface area contributed by atoms with Crippen molar-refractivity contribution in [3.63, 3.8) is 0 Å². The highest BCUT2D eigenvalue weighted by molar-refractivity contribution is 5.81. The van der Waals surface area contributed by atoms with Gasteiger partial charge in [0.1, 0.15) is 6.10 Å². The Morgan fingerprint density at radius 3 is 2.57 bits per heavy atom. The van der Waals surface area contributed by atoms with Crippen molar-refractivity contribution >= 4 is 5.97 Å². The van der Waals surface area contributed by atoms with E-state index in [9.17, 15) is 9.90 Å². The van der Waals surface area contributed by atoms with Gasteiger partial charge in [0.2, 0.25) is 0 Å². The van der Waals surface area contributed by atoms with E-state index in [1.807, 2.05) is 38.1 Å². The number of benzene rings is 1. The fourth-order valence-corrected chi connectivity index (χ4v) is 3.49. The molecule has 0 radical (unpaired) electrons. The number of hydrogen-bond donors (Lipinski definition) is 1. The molecule has 1 saturated heterocycles. The van der Waals surface area contributed by atoms with E-state index in [0.717, 1.165) is 36.8 Å². The highest BCUT2D eigenvalue weighted by Crippen LogP contribution is 2.42. The minimum atomic E-state index is -0.717. The van der Waals surface area contributed by atoms with Gasteiger partial charge in [-0.25, -0.2) is 0 Å². The van der Waals surface area contributed by atoms with Gasteiger partial charge < -0.3 is 14.6 Å². The van der Waals surface area contributed by atoms with Crippen molar-refractivity contribution in [3.8, 4) is 0 Å². The van der Waals surface area contributed by atoms with Crippen molar-refractivity contribution in [3.05, 3.63) is 35.4 Å². The fourth-order valence-electron chi connectivity index (χ4n) is 3.49. The quantitative estimate of drug-likeness (QED) is 0.927. The lowest BCUT2D eigenvalue weighted by molar-refractivity contribution is -0.143. The summed E-state index contributed by atoms with van der Waals surface area (Å²) < 4.78 is 11.5. The Labute approximate surface area is 125 Å². The van der Waals surface area contributed by atoms with Crippen molar-refractivity contribution in [2.45, 2.75) is 56.8 Å². The number of rotatable bonds is 3. The van der Waals surface area contributed by atoms with E-state index in [-0.39, 0.29) is 6.10 Å². The molecule has 21 heavy (non-hydrogen) atoms. The second-order valence-electron chi connectivity index (χ2n) is 6.54. The lowest BCUT2D eigenvalue weighted by atomic mass is 9.78. The van der Waals surface area contributed by atoms with E-state index in [0.29, 0.717) is 6.61 Å². The van der Waals surface area contributed by atoms with Gasteiger partial charge in [0.05, 0.1) is 12.0 Å². The number of carbonyl (C=O) groups is 1. The summed E-state index contributed by atoms with van der Waals surface area (Å²) in [5.74, 6) is -1.28. The summed E-state index contributed by atoms with van der Waals surface area (Å²) in [5, 5.41) is 9.70. The molecular formula is C17H22O4. The maximum Gasteiger partial charge on any atom is 0.314 e. The molecule has 2 fully saturated rings. The smallest absolute Gasteiger partial charge is 0.314 e. The Morgan fingerprint density at radius 2 is 2.00 bits per heavy atom. The largest absolute Gasteiger partial charge is 0.481 e. The third-order valence-corrected chi connectivity index (χ3v) is 4.69. The van der Waals surface area contributed by atoms with Gasteiger partial charge in [0.25, 0.3) is 0 Å². The molecule has 3 rings (SSSR count). The molecule has 1 unspecified atom stereocenters. The number of ether oxygens (including phenoxy) is 2. The third-order valence-electron chi connectivity index (χ3n) is 4.69. The van der Waals surface area contributed by atoms with Crippen LogP contribution in [-0.4, -0.2) is 23.5 Å². The van der Waals surface area contributed by atoms with Gasteiger partial charge in [-0.15, -0.1) is 0 Å². The number of aliphatic carboxylic acids is 1. The van der Waals surface area contributed by atoms with Crippen molar-refractivity contribution in [2.75, 3.05) is 6.61 Å². The Balaban J connectivity index is 1.92. The number of carboxylic acid groups (broad SMARTS) is 1. The molecule has 1 aliphatic heterocycles. The summed E-state index contributed by atoms with van der Waals surface area (Å²) in [6, 6.07) is 7.85. The molecule has 1 aromatic rings. The van der Waals surface area contributed by atoms with Crippen LogP contribution in [0.4, 0.5) is 0 Å². The Morgan fingerprint density at radius 1 is 1.29 bits per heavy atom. The molecule has 0 amide bonds. The summed E-state index contributed by atoms with van der Waals surface area (Å²) in [7, 11) is 0. The van der Waals surface area contributed by atoms with Gasteiger partial charge in [-0.3, -0.25) is 4.79 Å². The monoisotopic (exact) mass is 290 g/mol. The number of hydrogen-bond acceptors (Lipinski definition) is 3. The Bertz CT molecular complexity index is 543. The average Bonchev–Trinajstić information content (AvgIpc) is 3.06. The van der Waals surface area contributed by atoms with Gasteiger partial charge in [-0.2, -0.15) is 0 Å². The first kappa shape index (κ1) is 14.5. The van der Waals surface area contributed by atoms with Crippen LogP contribution in [0.3, 0.4) is 0 Å². The molecule has 1 saturated carbocycles. The van der Waals surface area contributed by atoms with E-state index >= 15 is 0 Å². The predicted octanol–water partition coefficient (Wildman–Crippen LogP) is 3.41. The van der Waals surface area contributed by atoms with Crippen LogP contribution >= 0.6 is 0 Å². The fraction of sp³-hybridized carbons (Fsp3) is 0.588. The summed E-state index contributed by atoms with van der Waals surface area (Å²) in [5.41, 5.74) is 1.19. The van der Waals surface area contributed by atoms with E-state index in [2.05, 4.69) is 0 Å². The molecule has 0 spiro atoms. The van der Waals surface area contributed by atoms with Gasteiger partial charge >= 0.3 is 5.97 Å². The lowest BCUT2D eigenvalue weighted by Crippen LogP contribution is -2.32. The second-order valence-corrected chi connectivity index (χ2v) is 6.54. The SMILES string of the molecule is CC1(C)OCC(c2cccc(C3(C(=O)O)CCCC3)c2)O1. The Hall–Kier alpha value is -1.39. The molecule has 1 aliphatic carbocycles. The first-order chi connectivity index (χ1) is 9.93. The van der Waals surface area contributed by atoms with E-state index in [1.165, 1.54) is 0 Å².